The van der Waals surface area contributed by atoms with E-state index < -0.39 is 12.0 Å². The van der Waals surface area contributed by atoms with E-state index in [0.717, 1.165) is 18.5 Å². The van der Waals surface area contributed by atoms with Gasteiger partial charge in [0.05, 0.1) is 4.92 Å². The Morgan fingerprint density at radius 1 is 1.52 bits per heavy atom. The monoisotopic (exact) mass is 292 g/mol. The van der Waals surface area contributed by atoms with Crippen molar-refractivity contribution in [2.24, 2.45) is 0 Å². The summed E-state index contributed by atoms with van der Waals surface area (Å²) in [6, 6.07) is 4.74. The van der Waals surface area contributed by atoms with Crippen molar-refractivity contribution in [3.05, 3.63) is 39.4 Å². The van der Waals surface area contributed by atoms with E-state index in [4.69, 9.17) is 0 Å². The zero-order valence-electron chi connectivity index (χ0n) is 12.3. The lowest BCUT2D eigenvalue weighted by molar-refractivity contribution is -0.385. The normalized spacial score (nSPS) is 19.1. The summed E-state index contributed by atoms with van der Waals surface area (Å²) in [6.07, 6.45) is 1.49. The molecule has 0 bridgehead atoms. The highest BCUT2D eigenvalue weighted by molar-refractivity contribution is 5.73. The van der Waals surface area contributed by atoms with E-state index in [2.05, 4.69) is 0 Å². The molecular formula is C15H20N2O4. The Bertz CT molecular complexity index is 557. The molecule has 21 heavy (non-hydrogen) atoms. The minimum absolute atomic E-state index is 0.0815. The van der Waals surface area contributed by atoms with Crippen molar-refractivity contribution in [1.82, 2.24) is 4.90 Å². The first-order chi connectivity index (χ1) is 9.90. The van der Waals surface area contributed by atoms with E-state index in [-0.39, 0.29) is 16.5 Å². The van der Waals surface area contributed by atoms with E-state index >= 15 is 0 Å². The highest BCUT2D eigenvalue weighted by Crippen LogP contribution is 2.29. The quantitative estimate of drug-likeness (QED) is 0.666. The first-order valence-electron chi connectivity index (χ1n) is 7.14. The van der Waals surface area contributed by atoms with Gasteiger partial charge in [-0.25, -0.2) is 0 Å². The van der Waals surface area contributed by atoms with Gasteiger partial charge in [-0.1, -0.05) is 26.0 Å². The number of carbonyl (C=O) groups is 1. The summed E-state index contributed by atoms with van der Waals surface area (Å²) < 4.78 is 0. The third kappa shape index (κ3) is 3.39. The van der Waals surface area contributed by atoms with Gasteiger partial charge in [-0.05, 0) is 30.9 Å². The molecule has 0 aliphatic carbocycles. The van der Waals surface area contributed by atoms with Gasteiger partial charge in [0.15, 0.2) is 0 Å². The molecule has 6 nitrogen and oxygen atoms in total. The molecule has 0 radical (unpaired) electrons. The SMILES string of the molecule is CC(C)c1ccc(CN2CCC[C@@H]2C(=O)O)cc1[N+](=O)[O-]. The second-order valence-electron chi connectivity index (χ2n) is 5.77. The van der Waals surface area contributed by atoms with E-state index in [0.29, 0.717) is 18.5 Å². The molecule has 0 saturated carbocycles. The lowest BCUT2D eigenvalue weighted by Gasteiger charge is -2.21. The number of nitro benzene ring substituents is 1. The Morgan fingerprint density at radius 2 is 2.24 bits per heavy atom. The van der Waals surface area contributed by atoms with Crippen molar-refractivity contribution < 1.29 is 14.8 Å². The fourth-order valence-electron chi connectivity index (χ4n) is 2.86. The van der Waals surface area contributed by atoms with Crippen LogP contribution in [0.25, 0.3) is 0 Å². The number of hydrogen-bond donors (Lipinski definition) is 1. The molecule has 1 aromatic rings. The average Bonchev–Trinajstić information content (AvgIpc) is 2.86. The zero-order valence-corrected chi connectivity index (χ0v) is 12.3. The number of nitrogens with zero attached hydrogens (tertiary/aromatic N) is 2. The summed E-state index contributed by atoms with van der Waals surface area (Å²) >= 11 is 0. The topological polar surface area (TPSA) is 83.7 Å². The maximum absolute atomic E-state index is 11.2. The van der Waals surface area contributed by atoms with E-state index in [9.17, 15) is 20.0 Å². The van der Waals surface area contributed by atoms with Gasteiger partial charge in [0, 0.05) is 18.2 Å². The number of aliphatic carboxylic acids is 1. The van der Waals surface area contributed by atoms with Crippen LogP contribution in [0, 0.1) is 10.1 Å². The second-order valence-corrected chi connectivity index (χ2v) is 5.77. The zero-order chi connectivity index (χ0) is 15.6. The van der Waals surface area contributed by atoms with Crippen LogP contribution in [0.3, 0.4) is 0 Å². The molecule has 1 atom stereocenters. The Hall–Kier alpha value is -1.95. The Morgan fingerprint density at radius 3 is 2.81 bits per heavy atom. The molecule has 2 rings (SSSR count). The molecule has 1 aromatic carbocycles. The van der Waals surface area contributed by atoms with Crippen molar-refractivity contribution in [1.29, 1.82) is 0 Å². The maximum Gasteiger partial charge on any atom is 0.320 e. The number of benzene rings is 1. The summed E-state index contributed by atoms with van der Waals surface area (Å²) in [4.78, 5) is 23.9. The molecular weight excluding hydrogens is 272 g/mol. The molecule has 1 heterocycles. The molecule has 0 unspecified atom stereocenters. The van der Waals surface area contributed by atoms with Crippen molar-refractivity contribution in [3.63, 3.8) is 0 Å². The number of nitro groups is 1. The number of rotatable bonds is 5. The molecule has 0 aromatic heterocycles. The van der Waals surface area contributed by atoms with Gasteiger partial charge >= 0.3 is 5.97 Å². The molecule has 1 N–H and O–H groups in total. The van der Waals surface area contributed by atoms with Crippen LogP contribution in [0.5, 0.6) is 0 Å². The van der Waals surface area contributed by atoms with Crippen LogP contribution in [-0.2, 0) is 11.3 Å². The maximum atomic E-state index is 11.2. The number of carboxylic acids is 1. The van der Waals surface area contributed by atoms with Crippen molar-refractivity contribution in [2.75, 3.05) is 6.54 Å². The summed E-state index contributed by atoms with van der Waals surface area (Å²) in [7, 11) is 0. The van der Waals surface area contributed by atoms with Gasteiger partial charge < -0.3 is 5.11 Å². The standard InChI is InChI=1S/C15H20N2O4/c1-10(2)12-6-5-11(8-14(12)17(20)21)9-16-7-3-4-13(16)15(18)19/h5-6,8,10,13H,3-4,7,9H2,1-2H3,(H,18,19)/t13-/m1/s1. The summed E-state index contributed by atoms with van der Waals surface area (Å²) in [5, 5.41) is 20.4. The number of hydrogen-bond acceptors (Lipinski definition) is 4. The smallest absolute Gasteiger partial charge is 0.320 e. The first kappa shape index (κ1) is 15.4. The molecule has 1 fully saturated rings. The van der Waals surface area contributed by atoms with E-state index in [1.807, 2.05) is 24.8 Å². The van der Waals surface area contributed by atoms with Crippen molar-refractivity contribution >= 4 is 11.7 Å². The molecule has 1 aliphatic rings. The largest absolute Gasteiger partial charge is 0.480 e. The molecule has 1 saturated heterocycles. The summed E-state index contributed by atoms with van der Waals surface area (Å²) in [6.45, 7) is 5.00. The first-order valence-corrected chi connectivity index (χ1v) is 7.14. The molecule has 0 amide bonds. The van der Waals surface area contributed by atoms with E-state index in [1.165, 1.54) is 0 Å². The van der Waals surface area contributed by atoms with Gasteiger partial charge in [-0.15, -0.1) is 0 Å². The minimum Gasteiger partial charge on any atom is -0.480 e. The summed E-state index contributed by atoms with van der Waals surface area (Å²) in [5.74, 6) is -0.737. The van der Waals surface area contributed by atoms with Gasteiger partial charge in [0.2, 0.25) is 0 Å². The number of carboxylic acid groups (broad SMARTS) is 1. The third-order valence-corrected chi connectivity index (χ3v) is 3.95. The lowest BCUT2D eigenvalue weighted by Crippen LogP contribution is -2.35. The molecule has 114 valence electrons. The second kappa shape index (κ2) is 6.22. The highest BCUT2D eigenvalue weighted by Gasteiger charge is 2.30. The van der Waals surface area contributed by atoms with Crippen LogP contribution in [0.15, 0.2) is 18.2 Å². The van der Waals surface area contributed by atoms with Crippen LogP contribution < -0.4 is 0 Å². The van der Waals surface area contributed by atoms with Crippen LogP contribution in [-0.4, -0.2) is 33.5 Å². The fourth-order valence-corrected chi connectivity index (χ4v) is 2.86. The molecule has 6 heteroatoms. The molecule has 0 spiro atoms. The van der Waals surface area contributed by atoms with Crippen LogP contribution in [0.1, 0.15) is 43.7 Å². The van der Waals surface area contributed by atoms with Crippen LogP contribution >= 0.6 is 0 Å². The van der Waals surface area contributed by atoms with Gasteiger partial charge in [0.25, 0.3) is 5.69 Å². The Balaban J connectivity index is 2.23. The predicted octanol–water partition coefficient (Wildman–Crippen LogP) is 2.77. The van der Waals surface area contributed by atoms with Crippen LogP contribution in [0.2, 0.25) is 0 Å². The van der Waals surface area contributed by atoms with Crippen LogP contribution in [0.4, 0.5) is 5.69 Å². The van der Waals surface area contributed by atoms with E-state index in [1.54, 1.807) is 12.1 Å². The fraction of sp³-hybridized carbons (Fsp3) is 0.533. The lowest BCUT2D eigenvalue weighted by atomic mass is 9.99. The highest BCUT2D eigenvalue weighted by atomic mass is 16.6. The van der Waals surface area contributed by atoms with Crippen molar-refractivity contribution in [3.8, 4) is 0 Å². The minimum atomic E-state index is -0.819. The average molecular weight is 292 g/mol. The van der Waals surface area contributed by atoms with Crippen molar-refractivity contribution in [2.45, 2.75) is 45.2 Å². The van der Waals surface area contributed by atoms with Gasteiger partial charge in [0.1, 0.15) is 6.04 Å². The predicted molar refractivity (Wildman–Crippen MR) is 78.3 cm³/mol. The molecule has 1 aliphatic heterocycles. The van der Waals surface area contributed by atoms with Gasteiger partial charge in [-0.3, -0.25) is 19.8 Å². The Kier molecular flexibility index (Phi) is 4.57. The number of likely N-dealkylation sites (tertiary alicyclic amines) is 1. The summed E-state index contributed by atoms with van der Waals surface area (Å²) in [5.41, 5.74) is 1.62. The Labute approximate surface area is 123 Å². The third-order valence-electron chi connectivity index (χ3n) is 3.95. The van der Waals surface area contributed by atoms with Gasteiger partial charge in [-0.2, -0.15) is 0 Å².